The Morgan fingerprint density at radius 2 is 1.77 bits per heavy atom. The summed E-state index contributed by atoms with van der Waals surface area (Å²) < 4.78 is 52.5. The van der Waals surface area contributed by atoms with Crippen molar-refractivity contribution in [2.45, 2.75) is 18.6 Å². The SMILES string of the molecule is O=C(O)C[C@H](NC(=O)c1cc(=O)n(-c2cccc(F)c2)[nH]1)c1ccc(C(F)(F)F)cc1. The van der Waals surface area contributed by atoms with Gasteiger partial charge >= 0.3 is 12.1 Å². The summed E-state index contributed by atoms with van der Waals surface area (Å²) in [5.74, 6) is -2.76. The number of hydrogen-bond acceptors (Lipinski definition) is 3. The van der Waals surface area contributed by atoms with Crippen molar-refractivity contribution in [1.29, 1.82) is 0 Å². The van der Waals surface area contributed by atoms with Crippen LogP contribution in [0.4, 0.5) is 17.6 Å². The summed E-state index contributed by atoms with van der Waals surface area (Å²) in [4.78, 5) is 35.9. The highest BCUT2D eigenvalue weighted by atomic mass is 19.4. The Hall–Kier alpha value is -3.89. The maximum Gasteiger partial charge on any atom is 0.416 e. The molecular weight excluding hydrogens is 422 g/mol. The molecule has 1 aromatic heterocycles. The first kappa shape index (κ1) is 21.8. The molecule has 3 rings (SSSR count). The van der Waals surface area contributed by atoms with Crippen LogP contribution in [0.25, 0.3) is 5.69 Å². The van der Waals surface area contributed by atoms with Crippen molar-refractivity contribution in [3.05, 3.63) is 87.6 Å². The predicted octanol–water partition coefficient (Wildman–Crippen LogP) is 3.27. The first-order chi connectivity index (χ1) is 14.5. The number of carbonyl (C=O) groups excluding carboxylic acids is 1. The third kappa shape index (κ3) is 5.18. The molecule has 2 aromatic carbocycles. The van der Waals surface area contributed by atoms with E-state index in [1.165, 1.54) is 18.2 Å². The molecule has 1 amide bonds. The number of alkyl halides is 3. The van der Waals surface area contributed by atoms with Gasteiger partial charge in [-0.25, -0.2) is 9.07 Å². The molecule has 162 valence electrons. The lowest BCUT2D eigenvalue weighted by Crippen LogP contribution is -2.30. The van der Waals surface area contributed by atoms with Gasteiger partial charge in [-0.3, -0.25) is 19.5 Å². The quantitative estimate of drug-likeness (QED) is 0.515. The minimum atomic E-state index is -4.57. The lowest BCUT2D eigenvalue weighted by atomic mass is 10.0. The second kappa shape index (κ2) is 8.46. The van der Waals surface area contributed by atoms with E-state index < -0.39 is 47.5 Å². The average Bonchev–Trinajstić information content (AvgIpc) is 3.08. The zero-order valence-electron chi connectivity index (χ0n) is 15.6. The second-order valence-corrected chi connectivity index (χ2v) is 6.57. The van der Waals surface area contributed by atoms with Crippen molar-refractivity contribution in [3.63, 3.8) is 0 Å². The second-order valence-electron chi connectivity index (χ2n) is 6.57. The fraction of sp³-hybridized carbons (Fsp3) is 0.150. The molecule has 1 atom stereocenters. The Bertz CT molecular complexity index is 1170. The van der Waals surface area contributed by atoms with Gasteiger partial charge in [-0.05, 0) is 35.9 Å². The third-order valence-corrected chi connectivity index (χ3v) is 4.36. The molecule has 0 saturated carbocycles. The van der Waals surface area contributed by atoms with Crippen LogP contribution in [0.3, 0.4) is 0 Å². The number of benzene rings is 2. The van der Waals surface area contributed by atoms with Crippen LogP contribution in [0.15, 0.2) is 59.4 Å². The van der Waals surface area contributed by atoms with E-state index in [2.05, 4.69) is 10.4 Å². The van der Waals surface area contributed by atoms with Gasteiger partial charge in [-0.2, -0.15) is 13.2 Å². The number of nitrogens with zero attached hydrogens (tertiary/aromatic N) is 1. The van der Waals surface area contributed by atoms with Crippen molar-refractivity contribution in [1.82, 2.24) is 15.1 Å². The van der Waals surface area contributed by atoms with Crippen LogP contribution >= 0.6 is 0 Å². The van der Waals surface area contributed by atoms with Crippen LogP contribution in [0.5, 0.6) is 0 Å². The van der Waals surface area contributed by atoms with Gasteiger partial charge in [-0.1, -0.05) is 18.2 Å². The van der Waals surface area contributed by atoms with Gasteiger partial charge in [0.1, 0.15) is 11.5 Å². The molecule has 3 aromatic rings. The lowest BCUT2D eigenvalue weighted by Gasteiger charge is -2.18. The number of hydrogen-bond donors (Lipinski definition) is 3. The van der Waals surface area contributed by atoms with Crippen LogP contribution in [0, 0.1) is 5.82 Å². The number of nitrogens with one attached hydrogen (secondary N) is 2. The highest BCUT2D eigenvalue weighted by Crippen LogP contribution is 2.30. The van der Waals surface area contributed by atoms with E-state index >= 15 is 0 Å². The summed E-state index contributed by atoms with van der Waals surface area (Å²) in [6, 6.07) is 8.49. The fourth-order valence-corrected chi connectivity index (χ4v) is 2.89. The van der Waals surface area contributed by atoms with Gasteiger partial charge in [-0.15, -0.1) is 0 Å². The average molecular weight is 437 g/mol. The van der Waals surface area contributed by atoms with Crippen LogP contribution in [0.1, 0.15) is 34.1 Å². The normalized spacial score (nSPS) is 12.4. The van der Waals surface area contributed by atoms with Crippen LogP contribution in [0.2, 0.25) is 0 Å². The summed E-state index contributed by atoms with van der Waals surface area (Å²) in [6.07, 6.45) is -5.17. The van der Waals surface area contributed by atoms with E-state index in [9.17, 15) is 31.9 Å². The van der Waals surface area contributed by atoms with Crippen molar-refractivity contribution in [3.8, 4) is 5.69 Å². The number of rotatable bonds is 6. The molecule has 7 nitrogen and oxygen atoms in total. The van der Waals surface area contributed by atoms with Crippen molar-refractivity contribution in [2.24, 2.45) is 0 Å². The molecule has 31 heavy (non-hydrogen) atoms. The van der Waals surface area contributed by atoms with Crippen LogP contribution in [-0.4, -0.2) is 26.8 Å². The molecule has 0 radical (unpaired) electrons. The Labute approximate surface area is 171 Å². The summed E-state index contributed by atoms with van der Waals surface area (Å²) in [5.41, 5.74) is -1.56. The molecule has 1 heterocycles. The smallest absolute Gasteiger partial charge is 0.416 e. The molecule has 0 aliphatic heterocycles. The monoisotopic (exact) mass is 437 g/mol. The Kier molecular flexibility index (Phi) is 5.95. The van der Waals surface area contributed by atoms with Gasteiger partial charge in [0.15, 0.2) is 0 Å². The number of amides is 1. The van der Waals surface area contributed by atoms with E-state index in [1.807, 2.05) is 0 Å². The largest absolute Gasteiger partial charge is 0.481 e. The van der Waals surface area contributed by atoms with Gasteiger partial charge in [0.25, 0.3) is 11.5 Å². The number of carboxylic acid groups (broad SMARTS) is 1. The Morgan fingerprint density at radius 3 is 2.35 bits per heavy atom. The minimum absolute atomic E-state index is 0.133. The number of halogens is 4. The summed E-state index contributed by atoms with van der Waals surface area (Å²) >= 11 is 0. The van der Waals surface area contributed by atoms with E-state index in [1.54, 1.807) is 0 Å². The first-order valence-corrected chi connectivity index (χ1v) is 8.82. The number of carbonyl (C=O) groups is 2. The summed E-state index contributed by atoms with van der Waals surface area (Å²) in [7, 11) is 0. The van der Waals surface area contributed by atoms with Crippen molar-refractivity contribution in [2.75, 3.05) is 0 Å². The van der Waals surface area contributed by atoms with Crippen molar-refractivity contribution < 1.29 is 32.3 Å². The van der Waals surface area contributed by atoms with Gasteiger partial charge in [0.05, 0.1) is 23.7 Å². The fourth-order valence-electron chi connectivity index (χ4n) is 2.89. The molecule has 0 fully saturated rings. The van der Waals surface area contributed by atoms with E-state index in [0.717, 1.165) is 41.1 Å². The number of aliphatic carboxylic acids is 1. The molecule has 0 saturated heterocycles. The standard InChI is InChI=1S/C20H15F4N3O4/c21-13-2-1-3-14(8-13)27-17(28)9-16(26-27)19(31)25-15(10-18(29)30)11-4-6-12(7-5-11)20(22,23)24/h1-9,15,26H,10H2,(H,25,31)(H,29,30)/t15-/m0/s1. The third-order valence-electron chi connectivity index (χ3n) is 4.36. The highest BCUT2D eigenvalue weighted by molar-refractivity contribution is 5.92. The molecule has 0 spiro atoms. The number of aromatic amines is 1. The molecule has 3 N–H and O–H groups in total. The first-order valence-electron chi connectivity index (χ1n) is 8.82. The molecule has 0 bridgehead atoms. The Balaban J connectivity index is 1.85. The maximum absolute atomic E-state index is 13.4. The van der Waals surface area contributed by atoms with Gasteiger partial charge in [0.2, 0.25) is 0 Å². The molecule has 0 aliphatic carbocycles. The molecular formula is C20H15F4N3O4. The zero-order valence-corrected chi connectivity index (χ0v) is 15.6. The van der Waals surface area contributed by atoms with E-state index in [4.69, 9.17) is 5.11 Å². The number of H-pyrrole nitrogens is 1. The number of aromatic nitrogens is 2. The highest BCUT2D eigenvalue weighted by Gasteiger charge is 2.30. The van der Waals surface area contributed by atoms with Gasteiger partial charge in [0, 0.05) is 6.07 Å². The predicted molar refractivity (Wildman–Crippen MR) is 100 cm³/mol. The summed E-state index contributed by atoms with van der Waals surface area (Å²) in [6.45, 7) is 0. The number of carboxylic acids is 1. The molecule has 11 heteroatoms. The van der Waals surface area contributed by atoms with Crippen LogP contribution in [-0.2, 0) is 11.0 Å². The van der Waals surface area contributed by atoms with E-state index in [-0.39, 0.29) is 16.9 Å². The zero-order chi connectivity index (χ0) is 22.8. The van der Waals surface area contributed by atoms with E-state index in [0.29, 0.717) is 0 Å². The molecule has 0 unspecified atom stereocenters. The topological polar surface area (TPSA) is 104 Å². The Morgan fingerprint density at radius 1 is 1.10 bits per heavy atom. The van der Waals surface area contributed by atoms with Crippen molar-refractivity contribution >= 4 is 11.9 Å². The summed E-state index contributed by atoms with van der Waals surface area (Å²) in [5, 5.41) is 14.0. The van der Waals surface area contributed by atoms with Gasteiger partial charge < -0.3 is 10.4 Å². The maximum atomic E-state index is 13.4. The minimum Gasteiger partial charge on any atom is -0.481 e. The molecule has 0 aliphatic rings. The lowest BCUT2D eigenvalue weighted by molar-refractivity contribution is -0.138. The van der Waals surface area contributed by atoms with Crippen LogP contribution < -0.4 is 10.9 Å².